The van der Waals surface area contributed by atoms with Crippen LogP contribution in [-0.4, -0.2) is 17.8 Å². The van der Waals surface area contributed by atoms with Crippen LogP contribution in [-0.2, 0) is 13.1 Å². The van der Waals surface area contributed by atoms with E-state index in [-0.39, 0.29) is 0 Å². The average Bonchev–Trinajstić information content (AvgIpc) is 3.00. The predicted molar refractivity (Wildman–Crippen MR) is 102 cm³/mol. The number of aliphatic imine (C=N–C) groups is 1. The Morgan fingerprint density at radius 3 is 2.75 bits per heavy atom. The number of fused-ring (bicyclic) bond motifs is 1. The molecule has 1 aromatic rings. The molecule has 1 aliphatic rings. The Hall–Kier alpha value is -2.03. The summed E-state index contributed by atoms with van der Waals surface area (Å²) >= 11 is 0. The van der Waals surface area contributed by atoms with E-state index in [1.54, 1.807) is 7.11 Å². The minimum Gasteiger partial charge on any atom is -0.497 e. The number of nitrogens with zero attached hydrogens (tertiary/aromatic N) is 2. The van der Waals surface area contributed by atoms with Crippen LogP contribution >= 0.6 is 0 Å². The summed E-state index contributed by atoms with van der Waals surface area (Å²) < 4.78 is 5.35. The Balaban J connectivity index is 2.16. The highest BCUT2D eigenvalue weighted by molar-refractivity contribution is 5.85. The molecule has 3 nitrogen and oxygen atoms in total. The Kier molecular flexibility index (Phi) is 6.65. The summed E-state index contributed by atoms with van der Waals surface area (Å²) in [7, 11) is 1.72. The summed E-state index contributed by atoms with van der Waals surface area (Å²) in [6.45, 7) is 12.5. The zero-order valence-corrected chi connectivity index (χ0v) is 15.5. The quantitative estimate of drug-likeness (QED) is 0.384. The number of amidine groups is 1. The lowest BCUT2D eigenvalue weighted by Crippen LogP contribution is -2.30. The van der Waals surface area contributed by atoms with Crippen molar-refractivity contribution >= 4 is 5.84 Å². The molecule has 0 bridgehead atoms. The van der Waals surface area contributed by atoms with Gasteiger partial charge in [0.15, 0.2) is 0 Å². The van der Waals surface area contributed by atoms with Crippen LogP contribution in [0.15, 0.2) is 47.6 Å². The van der Waals surface area contributed by atoms with Crippen LogP contribution in [0.25, 0.3) is 0 Å². The van der Waals surface area contributed by atoms with E-state index in [1.165, 1.54) is 11.1 Å². The van der Waals surface area contributed by atoms with Gasteiger partial charge in [0.1, 0.15) is 11.6 Å². The van der Waals surface area contributed by atoms with E-state index in [0.717, 1.165) is 49.5 Å². The van der Waals surface area contributed by atoms with Crippen LogP contribution in [0.4, 0.5) is 0 Å². The van der Waals surface area contributed by atoms with Crippen molar-refractivity contribution in [2.24, 2.45) is 10.9 Å². The monoisotopic (exact) mass is 326 g/mol. The lowest BCUT2D eigenvalue weighted by molar-refractivity contribution is 0.410. The molecule has 0 aromatic heterocycles. The Morgan fingerprint density at radius 2 is 2.08 bits per heavy atom. The van der Waals surface area contributed by atoms with Crippen LogP contribution in [0, 0.1) is 5.92 Å². The first-order valence-corrected chi connectivity index (χ1v) is 8.91. The molecule has 24 heavy (non-hydrogen) atoms. The first kappa shape index (κ1) is 18.3. The second kappa shape index (κ2) is 8.72. The summed E-state index contributed by atoms with van der Waals surface area (Å²) in [5, 5.41) is 0. The van der Waals surface area contributed by atoms with E-state index >= 15 is 0 Å². The third-order valence-electron chi connectivity index (χ3n) is 4.60. The molecule has 2 rings (SSSR count). The van der Waals surface area contributed by atoms with Crippen molar-refractivity contribution in [3.05, 3.63) is 53.8 Å². The van der Waals surface area contributed by atoms with Crippen molar-refractivity contribution in [1.29, 1.82) is 0 Å². The molecule has 130 valence electrons. The highest BCUT2D eigenvalue weighted by atomic mass is 16.5. The Labute approximate surface area is 146 Å². The molecule has 0 N–H and O–H groups in total. The fraction of sp³-hybridized carbons (Fsp3) is 0.476. The molecule has 3 heteroatoms. The number of hydrogen-bond acceptors (Lipinski definition) is 2. The zero-order chi connectivity index (χ0) is 17.5. The molecule has 0 spiro atoms. The molecule has 0 aliphatic carbocycles. The molecule has 0 amide bonds. The fourth-order valence-corrected chi connectivity index (χ4v) is 2.99. The van der Waals surface area contributed by atoms with Gasteiger partial charge in [-0.05, 0) is 42.2 Å². The molecule has 1 heterocycles. The highest BCUT2D eigenvalue weighted by Gasteiger charge is 2.24. The molecule has 0 fully saturated rings. The standard InChI is InChI=1S/C21H30N2O/c1-6-8-16(3)11-12-22-21(17(4)7-2)23-14-18-9-10-20(24-5)13-19(18)15-23/h9-13,17H,3,6-8,14-15H2,1-2,4-5H3/b12-11-,22-21+. The third kappa shape index (κ3) is 4.50. The Morgan fingerprint density at radius 1 is 1.33 bits per heavy atom. The minimum absolute atomic E-state index is 0.435. The van der Waals surface area contributed by atoms with Crippen molar-refractivity contribution in [3.63, 3.8) is 0 Å². The van der Waals surface area contributed by atoms with Gasteiger partial charge in [-0.15, -0.1) is 0 Å². The number of hydrogen-bond donors (Lipinski definition) is 0. The Bertz CT molecular complexity index is 631. The van der Waals surface area contributed by atoms with Crippen LogP contribution < -0.4 is 4.74 Å². The van der Waals surface area contributed by atoms with Crippen molar-refractivity contribution in [3.8, 4) is 5.75 Å². The van der Waals surface area contributed by atoms with Gasteiger partial charge in [-0.1, -0.05) is 45.4 Å². The molecule has 0 saturated carbocycles. The van der Waals surface area contributed by atoms with E-state index in [0.29, 0.717) is 5.92 Å². The molecular weight excluding hydrogens is 296 g/mol. The third-order valence-corrected chi connectivity index (χ3v) is 4.60. The second-order valence-corrected chi connectivity index (χ2v) is 6.51. The molecule has 1 atom stereocenters. The van der Waals surface area contributed by atoms with E-state index < -0.39 is 0 Å². The maximum Gasteiger partial charge on any atom is 0.119 e. The van der Waals surface area contributed by atoms with Gasteiger partial charge in [0.25, 0.3) is 0 Å². The average molecular weight is 326 g/mol. The summed E-state index contributed by atoms with van der Waals surface area (Å²) in [6, 6.07) is 6.35. The van der Waals surface area contributed by atoms with Crippen LogP contribution in [0.2, 0.25) is 0 Å². The first-order valence-electron chi connectivity index (χ1n) is 8.91. The number of rotatable bonds is 7. The maximum atomic E-state index is 5.35. The van der Waals surface area contributed by atoms with Gasteiger partial charge in [-0.3, -0.25) is 0 Å². The van der Waals surface area contributed by atoms with Gasteiger partial charge in [0, 0.05) is 25.2 Å². The molecule has 0 radical (unpaired) electrons. The van der Waals surface area contributed by atoms with E-state index in [4.69, 9.17) is 9.73 Å². The number of benzene rings is 1. The molecular formula is C21H30N2O. The number of methoxy groups -OCH3 is 1. The maximum absolute atomic E-state index is 5.35. The SMILES string of the molecule is C=C(/C=C\N=C(/C(C)CC)N1Cc2ccc(OC)cc2C1)CCC. The van der Waals surface area contributed by atoms with Gasteiger partial charge < -0.3 is 9.64 Å². The zero-order valence-electron chi connectivity index (χ0n) is 15.5. The second-order valence-electron chi connectivity index (χ2n) is 6.51. The van der Waals surface area contributed by atoms with Crippen LogP contribution in [0.1, 0.15) is 51.2 Å². The van der Waals surface area contributed by atoms with Crippen molar-refractivity contribution < 1.29 is 4.74 Å². The highest BCUT2D eigenvalue weighted by Crippen LogP contribution is 2.28. The normalized spacial score (nSPS) is 15.7. The summed E-state index contributed by atoms with van der Waals surface area (Å²) in [4.78, 5) is 7.17. The van der Waals surface area contributed by atoms with Gasteiger partial charge in [-0.25, -0.2) is 4.99 Å². The van der Waals surface area contributed by atoms with Gasteiger partial charge >= 0.3 is 0 Å². The van der Waals surface area contributed by atoms with E-state index in [2.05, 4.69) is 44.4 Å². The fourth-order valence-electron chi connectivity index (χ4n) is 2.99. The number of allylic oxidation sites excluding steroid dienone is 2. The smallest absolute Gasteiger partial charge is 0.119 e. The topological polar surface area (TPSA) is 24.8 Å². The van der Waals surface area contributed by atoms with E-state index in [9.17, 15) is 0 Å². The lowest BCUT2D eigenvalue weighted by Gasteiger charge is -2.24. The first-order chi connectivity index (χ1) is 11.6. The van der Waals surface area contributed by atoms with Crippen LogP contribution in [0.5, 0.6) is 5.75 Å². The number of ether oxygens (including phenoxy) is 1. The van der Waals surface area contributed by atoms with Gasteiger partial charge in [0.2, 0.25) is 0 Å². The summed E-state index contributed by atoms with van der Waals surface area (Å²) in [5.41, 5.74) is 3.84. The van der Waals surface area contributed by atoms with Crippen molar-refractivity contribution in [2.45, 2.75) is 53.1 Å². The van der Waals surface area contributed by atoms with Crippen molar-refractivity contribution in [2.75, 3.05) is 7.11 Å². The molecule has 1 aliphatic heterocycles. The lowest BCUT2D eigenvalue weighted by atomic mass is 10.1. The summed E-state index contributed by atoms with van der Waals surface area (Å²) in [5.74, 6) is 2.52. The summed E-state index contributed by atoms with van der Waals surface area (Å²) in [6.07, 6.45) is 7.19. The van der Waals surface area contributed by atoms with Crippen molar-refractivity contribution in [1.82, 2.24) is 4.90 Å². The predicted octanol–water partition coefficient (Wildman–Crippen LogP) is 5.33. The van der Waals surface area contributed by atoms with Crippen LogP contribution in [0.3, 0.4) is 0 Å². The van der Waals surface area contributed by atoms with Gasteiger partial charge in [0.05, 0.1) is 7.11 Å². The molecule has 1 aromatic carbocycles. The minimum atomic E-state index is 0.435. The van der Waals surface area contributed by atoms with Gasteiger partial charge in [-0.2, -0.15) is 0 Å². The largest absolute Gasteiger partial charge is 0.497 e. The molecule has 1 unspecified atom stereocenters. The molecule has 0 saturated heterocycles. The van der Waals surface area contributed by atoms with E-state index in [1.807, 2.05) is 18.3 Å².